The fraction of sp³-hybridized carbons (Fsp3) is 0.0400. The van der Waals surface area contributed by atoms with Crippen molar-refractivity contribution < 1.29 is 33.3 Å². The molecule has 0 amide bonds. The Morgan fingerprint density at radius 1 is 0.571 bits per heavy atom. The standard InChI is InChI=1S/C22H14F3N3.3CN.Ir/c23-22(24,25)17-9-7-15(8-10-17)16-13-20(18-5-1-3-11-26-18)28-21(14-16)19-6-2-4-12-27-19;3*1-2;/h1-14H;;;;/q;3*-1;+3. The van der Waals surface area contributed by atoms with Crippen molar-refractivity contribution >= 4 is 0 Å². The van der Waals surface area contributed by atoms with E-state index in [0.29, 0.717) is 28.3 Å². The molecule has 0 aliphatic heterocycles. The SMILES string of the molecule is FC(F)(F)c1ccc(-c2cc(-c3ccccn3)nc(-c3ccccn3)c2)cc1.[C-]#N.[C-]#N.[C-]#N.[Ir+3]. The van der Waals surface area contributed by atoms with Crippen LogP contribution in [0.25, 0.3) is 33.9 Å². The number of pyridine rings is 3. The van der Waals surface area contributed by atoms with Crippen LogP contribution in [-0.2, 0) is 26.3 Å². The summed E-state index contributed by atoms with van der Waals surface area (Å²) in [5.41, 5.74) is 3.31. The predicted molar refractivity (Wildman–Crippen MR) is 116 cm³/mol. The van der Waals surface area contributed by atoms with Crippen molar-refractivity contribution in [2.24, 2.45) is 0 Å². The van der Waals surface area contributed by atoms with Crippen molar-refractivity contribution in [1.82, 2.24) is 15.0 Å². The summed E-state index contributed by atoms with van der Waals surface area (Å²) in [6.45, 7) is 14.2. The van der Waals surface area contributed by atoms with Crippen LogP contribution in [0.5, 0.6) is 0 Å². The van der Waals surface area contributed by atoms with E-state index >= 15 is 0 Å². The average Bonchev–Trinajstić information content (AvgIpc) is 2.92. The summed E-state index contributed by atoms with van der Waals surface area (Å²) in [5, 5.41) is 18.8. The zero-order valence-corrected chi connectivity index (χ0v) is 20.1. The van der Waals surface area contributed by atoms with Gasteiger partial charge in [-0.1, -0.05) is 24.3 Å². The number of hydrogen-bond donors (Lipinski definition) is 0. The van der Waals surface area contributed by atoms with Gasteiger partial charge in [0.15, 0.2) is 0 Å². The summed E-state index contributed by atoms with van der Waals surface area (Å²) in [6.07, 6.45) is -1.03. The van der Waals surface area contributed by atoms with Crippen molar-refractivity contribution in [3.05, 3.63) is 110 Å². The van der Waals surface area contributed by atoms with Crippen molar-refractivity contribution in [2.45, 2.75) is 6.18 Å². The second kappa shape index (κ2) is 15.4. The summed E-state index contributed by atoms with van der Waals surface area (Å²) in [7, 11) is 0. The molecule has 10 heteroatoms. The van der Waals surface area contributed by atoms with E-state index in [1.807, 2.05) is 48.5 Å². The molecule has 0 aliphatic rings. The Hall–Kier alpha value is -4.42. The molecule has 4 aromatic rings. The molecule has 0 fully saturated rings. The van der Waals surface area contributed by atoms with Gasteiger partial charge in [-0.3, -0.25) is 9.97 Å². The predicted octanol–water partition coefficient (Wildman–Crippen LogP) is 6.18. The van der Waals surface area contributed by atoms with Crippen molar-refractivity contribution in [3.8, 4) is 33.9 Å². The molecule has 0 atom stereocenters. The van der Waals surface area contributed by atoms with E-state index in [9.17, 15) is 13.2 Å². The Morgan fingerprint density at radius 3 is 1.34 bits per heavy atom. The zero-order chi connectivity index (χ0) is 25.6. The maximum atomic E-state index is 12.9. The van der Waals surface area contributed by atoms with Crippen LogP contribution < -0.4 is 0 Å². The molecule has 35 heavy (non-hydrogen) atoms. The van der Waals surface area contributed by atoms with E-state index in [1.165, 1.54) is 12.1 Å². The van der Waals surface area contributed by atoms with E-state index in [0.717, 1.165) is 17.7 Å². The molecule has 1 aromatic carbocycles. The van der Waals surface area contributed by atoms with Gasteiger partial charge in [0.25, 0.3) is 0 Å². The topological polar surface area (TPSA) is 110 Å². The van der Waals surface area contributed by atoms with Crippen molar-refractivity contribution in [3.63, 3.8) is 0 Å². The molecule has 4 rings (SSSR count). The number of rotatable bonds is 3. The van der Waals surface area contributed by atoms with Crippen molar-refractivity contribution in [2.75, 3.05) is 0 Å². The summed E-state index contributed by atoms with van der Waals surface area (Å²) in [6, 6.07) is 19.7. The van der Waals surface area contributed by atoms with Gasteiger partial charge in [0, 0.05) is 12.4 Å². The fourth-order valence-corrected chi connectivity index (χ4v) is 2.84. The van der Waals surface area contributed by atoms with E-state index in [-0.39, 0.29) is 20.1 Å². The van der Waals surface area contributed by atoms with Gasteiger partial charge in [0.2, 0.25) is 0 Å². The Morgan fingerprint density at radius 2 is 1.00 bits per heavy atom. The molecular weight excluding hydrogens is 634 g/mol. The summed E-state index contributed by atoms with van der Waals surface area (Å²) >= 11 is 0. The molecule has 0 radical (unpaired) electrons. The summed E-state index contributed by atoms with van der Waals surface area (Å²) in [5.74, 6) is 0. The Bertz CT molecular complexity index is 1150. The first-order valence-electron chi connectivity index (χ1n) is 9.20. The van der Waals surface area contributed by atoms with Crippen LogP contribution in [-0.4, -0.2) is 15.0 Å². The van der Waals surface area contributed by atoms with Gasteiger partial charge in [0.05, 0.1) is 28.3 Å². The number of hydrogen-bond acceptors (Lipinski definition) is 6. The monoisotopic (exact) mass is 648 g/mol. The van der Waals surface area contributed by atoms with E-state index < -0.39 is 11.7 Å². The third-order valence-electron chi connectivity index (χ3n) is 4.23. The zero-order valence-electron chi connectivity index (χ0n) is 17.7. The van der Waals surface area contributed by atoms with Gasteiger partial charge in [0.1, 0.15) is 0 Å². The normalized spacial score (nSPS) is 9.29. The minimum atomic E-state index is -4.37. The molecule has 3 heterocycles. The number of nitrogens with zero attached hydrogens (tertiary/aromatic N) is 6. The first-order chi connectivity index (χ1) is 16.5. The van der Waals surface area contributed by atoms with Gasteiger partial charge in [-0.2, -0.15) is 13.2 Å². The third-order valence-corrected chi connectivity index (χ3v) is 4.23. The molecule has 0 bridgehead atoms. The quantitative estimate of drug-likeness (QED) is 0.246. The number of halogens is 3. The molecule has 0 spiro atoms. The largest absolute Gasteiger partial charge is 3.00 e. The Labute approximate surface area is 214 Å². The summed E-state index contributed by atoms with van der Waals surface area (Å²) < 4.78 is 38.6. The molecule has 0 N–H and O–H groups in total. The van der Waals surface area contributed by atoms with Gasteiger partial charge in [-0.05, 0) is 59.7 Å². The molecule has 174 valence electrons. The van der Waals surface area contributed by atoms with Crippen LogP contribution in [0.4, 0.5) is 13.2 Å². The van der Waals surface area contributed by atoms with E-state index in [4.69, 9.17) is 35.5 Å². The number of benzene rings is 1. The van der Waals surface area contributed by atoms with Crippen LogP contribution in [0, 0.1) is 35.5 Å². The summed E-state index contributed by atoms with van der Waals surface area (Å²) in [4.78, 5) is 13.3. The van der Waals surface area contributed by atoms with Gasteiger partial charge >= 0.3 is 26.3 Å². The van der Waals surface area contributed by atoms with Crippen LogP contribution in [0.1, 0.15) is 5.56 Å². The van der Waals surface area contributed by atoms with Gasteiger partial charge in [-0.15, -0.1) is 0 Å². The smallest absolute Gasteiger partial charge is 0.512 e. The minimum Gasteiger partial charge on any atom is -0.512 e. The molecule has 0 saturated carbocycles. The number of aromatic nitrogens is 3. The minimum absolute atomic E-state index is 0. The second-order valence-electron chi connectivity index (χ2n) is 6.13. The second-order valence-corrected chi connectivity index (χ2v) is 6.13. The van der Waals surface area contributed by atoms with Gasteiger partial charge in [-0.25, -0.2) is 4.98 Å². The molecular formula is C25H14F3IrN6. The average molecular weight is 648 g/mol. The molecule has 0 unspecified atom stereocenters. The molecule has 0 saturated heterocycles. The van der Waals surface area contributed by atoms with Crippen LogP contribution >= 0.6 is 0 Å². The van der Waals surface area contributed by atoms with Crippen LogP contribution in [0.2, 0.25) is 0 Å². The molecule has 0 aliphatic carbocycles. The van der Waals surface area contributed by atoms with Crippen molar-refractivity contribution in [1.29, 1.82) is 15.8 Å². The van der Waals surface area contributed by atoms with Gasteiger partial charge < -0.3 is 35.5 Å². The van der Waals surface area contributed by atoms with Crippen LogP contribution in [0.15, 0.2) is 85.2 Å². The Kier molecular flexibility index (Phi) is 13.5. The van der Waals surface area contributed by atoms with E-state index in [2.05, 4.69) is 15.0 Å². The molecule has 3 aromatic heterocycles. The maximum absolute atomic E-state index is 12.9. The first-order valence-corrected chi connectivity index (χ1v) is 9.20. The Balaban J connectivity index is 0.00000154. The van der Waals surface area contributed by atoms with E-state index in [1.54, 1.807) is 12.4 Å². The first kappa shape index (κ1) is 30.6. The fourth-order valence-electron chi connectivity index (χ4n) is 2.84. The molecule has 6 nitrogen and oxygen atoms in total. The maximum Gasteiger partial charge on any atom is 3.00 e. The number of alkyl halides is 3. The van der Waals surface area contributed by atoms with Crippen LogP contribution in [0.3, 0.4) is 0 Å². The third kappa shape index (κ3) is 8.46.